The van der Waals surface area contributed by atoms with Crippen molar-refractivity contribution in [2.45, 2.75) is 25.3 Å². The quantitative estimate of drug-likeness (QED) is 0.872. The van der Waals surface area contributed by atoms with Gasteiger partial charge < -0.3 is 5.32 Å². The van der Waals surface area contributed by atoms with E-state index in [4.69, 9.17) is 0 Å². The van der Waals surface area contributed by atoms with E-state index in [1.165, 1.54) is 5.56 Å². The van der Waals surface area contributed by atoms with E-state index in [0.717, 1.165) is 6.07 Å². The molecule has 0 aromatic heterocycles. The van der Waals surface area contributed by atoms with Crippen LogP contribution < -0.4 is 5.32 Å². The van der Waals surface area contributed by atoms with E-state index in [0.29, 0.717) is 12.0 Å². The van der Waals surface area contributed by atoms with E-state index in [1.807, 2.05) is 25.2 Å². The van der Waals surface area contributed by atoms with Crippen LogP contribution >= 0.6 is 0 Å². The molecule has 0 bridgehead atoms. The molecule has 106 valence electrons. The summed E-state index contributed by atoms with van der Waals surface area (Å²) in [4.78, 5) is 0. The number of benzene rings is 2. The number of rotatable bonds is 5. The van der Waals surface area contributed by atoms with Gasteiger partial charge in [0.05, 0.1) is 0 Å². The molecule has 3 heteroatoms. The zero-order chi connectivity index (χ0) is 14.5. The van der Waals surface area contributed by atoms with E-state index in [-0.39, 0.29) is 12.0 Å². The van der Waals surface area contributed by atoms with Gasteiger partial charge in [-0.15, -0.1) is 0 Å². The van der Waals surface area contributed by atoms with Crippen LogP contribution in [0, 0.1) is 11.6 Å². The zero-order valence-electron chi connectivity index (χ0n) is 11.7. The first-order valence-corrected chi connectivity index (χ1v) is 6.78. The first-order chi connectivity index (χ1) is 9.63. The lowest BCUT2D eigenvalue weighted by atomic mass is 9.89. The Hall–Kier alpha value is -1.74. The summed E-state index contributed by atoms with van der Waals surface area (Å²) in [5.74, 6) is -1.32. The van der Waals surface area contributed by atoms with E-state index in [1.54, 1.807) is 12.1 Å². The Labute approximate surface area is 118 Å². The van der Waals surface area contributed by atoms with Gasteiger partial charge in [0, 0.05) is 6.04 Å². The number of likely N-dealkylation sites (N-methyl/N-ethyl adjacent to an activating group) is 1. The average Bonchev–Trinajstić information content (AvgIpc) is 2.49. The molecule has 2 rings (SSSR count). The summed E-state index contributed by atoms with van der Waals surface area (Å²) in [6, 6.07) is 14.4. The molecule has 0 aliphatic rings. The van der Waals surface area contributed by atoms with Crippen LogP contribution in [0.1, 0.15) is 24.0 Å². The second kappa shape index (κ2) is 6.62. The van der Waals surface area contributed by atoms with Crippen molar-refractivity contribution in [3.8, 4) is 0 Å². The fourth-order valence-electron chi connectivity index (χ4n) is 2.46. The SMILES string of the molecule is CNC(Cc1cccc(F)c1F)C(C)c1ccccc1. The van der Waals surface area contributed by atoms with E-state index < -0.39 is 11.6 Å². The first-order valence-electron chi connectivity index (χ1n) is 6.78. The molecule has 0 heterocycles. The summed E-state index contributed by atoms with van der Waals surface area (Å²) in [6.07, 6.45) is 0.455. The number of halogens is 2. The minimum atomic E-state index is -0.787. The van der Waals surface area contributed by atoms with Gasteiger partial charge in [0.25, 0.3) is 0 Å². The molecule has 20 heavy (non-hydrogen) atoms. The fraction of sp³-hybridized carbons (Fsp3) is 0.294. The van der Waals surface area contributed by atoms with Gasteiger partial charge in [0.15, 0.2) is 11.6 Å². The van der Waals surface area contributed by atoms with Crippen LogP contribution in [-0.4, -0.2) is 13.1 Å². The summed E-state index contributed by atoms with van der Waals surface area (Å²) in [5.41, 5.74) is 1.59. The van der Waals surface area contributed by atoms with Crippen molar-refractivity contribution in [1.82, 2.24) is 5.32 Å². The maximum atomic E-state index is 13.8. The predicted octanol–water partition coefficient (Wildman–Crippen LogP) is 3.90. The van der Waals surface area contributed by atoms with E-state index in [9.17, 15) is 8.78 Å². The van der Waals surface area contributed by atoms with Gasteiger partial charge in [-0.05, 0) is 36.6 Å². The summed E-state index contributed by atoms with van der Waals surface area (Å²) in [5, 5.41) is 3.21. The van der Waals surface area contributed by atoms with Gasteiger partial charge in [-0.3, -0.25) is 0 Å². The third-order valence-electron chi connectivity index (χ3n) is 3.77. The summed E-state index contributed by atoms with van der Waals surface area (Å²) in [7, 11) is 1.85. The summed E-state index contributed by atoms with van der Waals surface area (Å²) < 4.78 is 27.0. The lowest BCUT2D eigenvalue weighted by Crippen LogP contribution is -2.33. The molecule has 0 aliphatic heterocycles. The van der Waals surface area contributed by atoms with E-state index >= 15 is 0 Å². The molecular weight excluding hydrogens is 256 g/mol. The lowest BCUT2D eigenvalue weighted by Gasteiger charge is -2.24. The molecule has 2 unspecified atom stereocenters. The fourth-order valence-corrected chi connectivity index (χ4v) is 2.46. The van der Waals surface area contributed by atoms with Gasteiger partial charge in [-0.1, -0.05) is 49.4 Å². The highest BCUT2D eigenvalue weighted by molar-refractivity contribution is 5.24. The Morgan fingerprint density at radius 2 is 1.70 bits per heavy atom. The van der Waals surface area contributed by atoms with Crippen molar-refractivity contribution in [1.29, 1.82) is 0 Å². The van der Waals surface area contributed by atoms with E-state index in [2.05, 4.69) is 24.4 Å². The smallest absolute Gasteiger partial charge is 0.162 e. The van der Waals surface area contributed by atoms with Gasteiger partial charge in [-0.25, -0.2) is 8.78 Å². The number of nitrogens with one attached hydrogen (secondary N) is 1. The third-order valence-corrected chi connectivity index (χ3v) is 3.77. The maximum absolute atomic E-state index is 13.8. The Bertz CT molecular complexity index is 554. The van der Waals surface area contributed by atoms with Crippen LogP contribution in [0.4, 0.5) is 8.78 Å². The molecule has 1 nitrogen and oxygen atoms in total. The molecule has 2 aromatic rings. The molecule has 1 N–H and O–H groups in total. The minimum Gasteiger partial charge on any atom is -0.316 e. The topological polar surface area (TPSA) is 12.0 Å². The Morgan fingerprint density at radius 3 is 2.35 bits per heavy atom. The summed E-state index contributed by atoms with van der Waals surface area (Å²) >= 11 is 0. The molecule has 0 saturated carbocycles. The monoisotopic (exact) mass is 275 g/mol. The van der Waals surface area contributed by atoms with Crippen molar-refractivity contribution in [3.05, 3.63) is 71.3 Å². The van der Waals surface area contributed by atoms with Crippen molar-refractivity contribution in [3.63, 3.8) is 0 Å². The molecule has 0 aliphatic carbocycles. The molecule has 0 saturated heterocycles. The minimum absolute atomic E-state index is 0.0497. The Kier molecular flexibility index (Phi) is 4.85. The van der Waals surface area contributed by atoms with Crippen LogP contribution in [0.25, 0.3) is 0 Å². The number of hydrogen-bond donors (Lipinski definition) is 1. The molecule has 0 fully saturated rings. The van der Waals surface area contributed by atoms with Crippen molar-refractivity contribution >= 4 is 0 Å². The molecular formula is C17H19F2N. The molecule has 2 atom stereocenters. The van der Waals surface area contributed by atoms with Gasteiger partial charge >= 0.3 is 0 Å². The standard InChI is InChI=1S/C17H19F2N/c1-12(13-7-4-3-5-8-13)16(20-2)11-14-9-6-10-15(18)17(14)19/h3-10,12,16,20H,11H2,1-2H3. The van der Waals surface area contributed by atoms with Crippen molar-refractivity contribution in [2.24, 2.45) is 0 Å². The van der Waals surface area contributed by atoms with Crippen LogP contribution in [-0.2, 0) is 6.42 Å². The predicted molar refractivity (Wildman–Crippen MR) is 77.8 cm³/mol. The molecule has 0 radical (unpaired) electrons. The van der Waals surface area contributed by atoms with Gasteiger partial charge in [0.2, 0.25) is 0 Å². The molecule has 0 amide bonds. The van der Waals surface area contributed by atoms with Crippen molar-refractivity contribution in [2.75, 3.05) is 7.05 Å². The largest absolute Gasteiger partial charge is 0.316 e. The average molecular weight is 275 g/mol. The van der Waals surface area contributed by atoms with Gasteiger partial charge in [-0.2, -0.15) is 0 Å². The highest BCUT2D eigenvalue weighted by Crippen LogP contribution is 2.23. The highest BCUT2D eigenvalue weighted by Gasteiger charge is 2.20. The molecule has 2 aromatic carbocycles. The van der Waals surface area contributed by atoms with Crippen LogP contribution in [0.3, 0.4) is 0 Å². The maximum Gasteiger partial charge on any atom is 0.162 e. The first kappa shape index (κ1) is 14.7. The van der Waals surface area contributed by atoms with Gasteiger partial charge in [0.1, 0.15) is 0 Å². The van der Waals surface area contributed by atoms with Crippen molar-refractivity contribution < 1.29 is 8.78 Å². The van der Waals surface area contributed by atoms with Crippen LogP contribution in [0.2, 0.25) is 0 Å². The molecule has 0 spiro atoms. The zero-order valence-corrected chi connectivity index (χ0v) is 11.7. The highest BCUT2D eigenvalue weighted by atomic mass is 19.2. The third kappa shape index (κ3) is 3.23. The normalized spacial score (nSPS) is 14.0. The number of hydrogen-bond acceptors (Lipinski definition) is 1. The summed E-state index contributed by atoms with van der Waals surface area (Å²) in [6.45, 7) is 2.09. The lowest BCUT2D eigenvalue weighted by molar-refractivity contribution is 0.455. The Balaban J connectivity index is 2.19. The van der Waals surface area contributed by atoms with Crippen LogP contribution in [0.15, 0.2) is 48.5 Å². The van der Waals surface area contributed by atoms with Crippen LogP contribution in [0.5, 0.6) is 0 Å². The second-order valence-electron chi connectivity index (χ2n) is 5.01. The Morgan fingerprint density at radius 1 is 1.00 bits per heavy atom. The second-order valence-corrected chi connectivity index (χ2v) is 5.01.